The molecule has 6 rings (SSSR count). The third-order valence-corrected chi connectivity index (χ3v) is 11.7. The first-order valence-electron chi connectivity index (χ1n) is 18.1. The molecule has 2 aromatic carbocycles. The number of benzene rings is 2. The standard InChI is InChI=1S/C38H51N5O7/c1-26-21-28(22-27(2)35(26)47)25-50-37(49)43-19-12-32(42-18-11-31-5-3-4-6-33(31)39-36(42)48)23-38(43,13-20-44)41-16-9-30(10-17-41)29-7-14-40(15-8-29)24-34(45)46/h3-6,20-22,29-30,32,47H,7-19,23-25H2,1-2H3,(H,39,48)(H,45,46)/t32-,38+/m1/s1. The number of rotatable bonds is 9. The number of nitrogens with one attached hydrogen (secondary N) is 1. The van der Waals surface area contributed by atoms with E-state index in [1.54, 1.807) is 4.90 Å². The van der Waals surface area contributed by atoms with Crippen LogP contribution in [0.5, 0.6) is 5.75 Å². The van der Waals surface area contributed by atoms with Gasteiger partial charge in [-0.1, -0.05) is 18.2 Å². The number of urea groups is 1. The van der Waals surface area contributed by atoms with Gasteiger partial charge in [-0.15, -0.1) is 0 Å². The molecule has 2 aromatic rings. The summed E-state index contributed by atoms with van der Waals surface area (Å²) in [6.07, 6.45) is 5.99. The molecule has 0 saturated carbocycles. The molecule has 0 spiro atoms. The normalized spacial score (nSPS) is 24.3. The molecule has 12 heteroatoms. The fourth-order valence-electron chi connectivity index (χ4n) is 9.01. The number of ether oxygens (including phenoxy) is 1. The largest absolute Gasteiger partial charge is 0.507 e. The third-order valence-electron chi connectivity index (χ3n) is 11.7. The zero-order valence-corrected chi connectivity index (χ0v) is 29.3. The van der Waals surface area contributed by atoms with Crippen LogP contribution in [0, 0.1) is 25.7 Å². The van der Waals surface area contributed by atoms with Crippen LogP contribution in [0.3, 0.4) is 0 Å². The van der Waals surface area contributed by atoms with Crippen LogP contribution in [0.1, 0.15) is 67.2 Å². The zero-order valence-electron chi connectivity index (χ0n) is 29.3. The van der Waals surface area contributed by atoms with Crippen molar-refractivity contribution in [2.24, 2.45) is 11.8 Å². The van der Waals surface area contributed by atoms with Crippen LogP contribution in [-0.2, 0) is 27.4 Å². The lowest BCUT2D eigenvalue weighted by Gasteiger charge is -2.57. The molecule has 3 amide bonds. The number of phenolic OH excluding ortho intramolecular Hbond substituents is 1. The number of aromatic hydroxyl groups is 1. The summed E-state index contributed by atoms with van der Waals surface area (Å²) in [7, 11) is 0. The number of hydrogen-bond donors (Lipinski definition) is 3. The third kappa shape index (κ3) is 7.61. The van der Waals surface area contributed by atoms with Crippen LogP contribution < -0.4 is 5.32 Å². The molecule has 4 heterocycles. The second-order valence-corrected chi connectivity index (χ2v) is 14.6. The predicted octanol–water partition coefficient (Wildman–Crippen LogP) is 4.99. The van der Waals surface area contributed by atoms with Gasteiger partial charge in [0, 0.05) is 50.7 Å². The summed E-state index contributed by atoms with van der Waals surface area (Å²) in [4.78, 5) is 59.5. The zero-order chi connectivity index (χ0) is 35.4. The molecule has 4 aliphatic rings. The number of anilines is 1. The second kappa shape index (κ2) is 15.4. The van der Waals surface area contributed by atoms with Gasteiger partial charge in [0.05, 0.1) is 6.54 Å². The van der Waals surface area contributed by atoms with Crippen molar-refractivity contribution in [3.05, 3.63) is 58.7 Å². The van der Waals surface area contributed by atoms with Crippen molar-refractivity contribution in [1.82, 2.24) is 19.6 Å². The summed E-state index contributed by atoms with van der Waals surface area (Å²) in [5.74, 6) is 0.440. The Kier molecular flexibility index (Phi) is 11.0. The van der Waals surface area contributed by atoms with E-state index in [0.29, 0.717) is 68.4 Å². The topological polar surface area (TPSA) is 143 Å². The minimum absolute atomic E-state index is 0.0351. The number of fused-ring (bicyclic) bond motifs is 1. The van der Waals surface area contributed by atoms with Crippen molar-refractivity contribution in [1.29, 1.82) is 0 Å². The number of aryl methyl sites for hydroxylation is 2. The number of para-hydroxylation sites is 1. The van der Waals surface area contributed by atoms with Gasteiger partial charge in [0.1, 0.15) is 24.3 Å². The van der Waals surface area contributed by atoms with Gasteiger partial charge in [-0.25, -0.2) is 9.59 Å². The SMILES string of the molecule is Cc1cc(COC(=O)N2CC[C@@H](N3CCc4ccccc4NC3=O)C[C@@]2(CC=O)N2CCC(C3CCN(CC(=O)O)CC3)CC2)cc(C)c1O. The van der Waals surface area contributed by atoms with Crippen LogP contribution in [-0.4, -0.2) is 112 Å². The van der Waals surface area contributed by atoms with E-state index in [1.165, 1.54) is 0 Å². The van der Waals surface area contributed by atoms with Gasteiger partial charge < -0.3 is 30.0 Å². The van der Waals surface area contributed by atoms with Crippen molar-refractivity contribution in [2.75, 3.05) is 51.1 Å². The Hall–Kier alpha value is -4.16. The van der Waals surface area contributed by atoms with Crippen molar-refractivity contribution < 1.29 is 34.1 Å². The number of likely N-dealkylation sites (tertiary alicyclic amines) is 3. The number of hydrogen-bond acceptors (Lipinski definition) is 8. The highest BCUT2D eigenvalue weighted by Gasteiger charge is 2.52. The molecule has 0 aromatic heterocycles. The summed E-state index contributed by atoms with van der Waals surface area (Å²) >= 11 is 0. The number of carboxylic acid groups (broad SMARTS) is 1. The first-order valence-corrected chi connectivity index (χ1v) is 18.1. The van der Waals surface area contributed by atoms with E-state index in [1.807, 2.05) is 60.0 Å². The Labute approximate surface area is 294 Å². The fourth-order valence-corrected chi connectivity index (χ4v) is 9.01. The van der Waals surface area contributed by atoms with E-state index in [2.05, 4.69) is 10.2 Å². The molecule has 2 atom stereocenters. The van der Waals surface area contributed by atoms with Gasteiger partial charge in [-0.05, 0) is 118 Å². The van der Waals surface area contributed by atoms with Crippen molar-refractivity contribution in [3.8, 4) is 5.75 Å². The number of phenols is 1. The highest BCUT2D eigenvalue weighted by Crippen LogP contribution is 2.42. The lowest BCUT2D eigenvalue weighted by Crippen LogP contribution is -2.69. The lowest BCUT2D eigenvalue weighted by atomic mass is 9.77. The van der Waals surface area contributed by atoms with Crippen LogP contribution in [0.2, 0.25) is 0 Å². The van der Waals surface area contributed by atoms with Gasteiger partial charge in [0.25, 0.3) is 0 Å². The number of aliphatic carboxylic acids is 1. The smallest absolute Gasteiger partial charge is 0.411 e. The Balaban J connectivity index is 1.21. The number of nitrogens with zero attached hydrogens (tertiary/aromatic N) is 4. The Bertz CT molecular complexity index is 1550. The maximum absolute atomic E-state index is 14.1. The Morgan fingerprint density at radius 2 is 1.62 bits per heavy atom. The molecule has 12 nitrogen and oxygen atoms in total. The predicted molar refractivity (Wildman–Crippen MR) is 188 cm³/mol. The molecule has 50 heavy (non-hydrogen) atoms. The molecular weight excluding hydrogens is 638 g/mol. The van der Waals surface area contributed by atoms with Gasteiger partial charge in [0.2, 0.25) is 0 Å². The average Bonchev–Trinajstić information content (AvgIpc) is 3.27. The maximum atomic E-state index is 14.1. The van der Waals surface area contributed by atoms with Crippen molar-refractivity contribution in [2.45, 2.75) is 83.5 Å². The molecule has 4 aliphatic heterocycles. The van der Waals surface area contributed by atoms with Crippen molar-refractivity contribution in [3.63, 3.8) is 0 Å². The lowest BCUT2D eigenvalue weighted by molar-refractivity contribution is -0.138. The summed E-state index contributed by atoms with van der Waals surface area (Å²) in [6.45, 7) is 7.61. The maximum Gasteiger partial charge on any atom is 0.411 e. The van der Waals surface area contributed by atoms with Gasteiger partial charge in [0.15, 0.2) is 0 Å². The highest BCUT2D eigenvalue weighted by atomic mass is 16.6. The number of carbonyl (C=O) groups excluding carboxylic acids is 3. The van der Waals surface area contributed by atoms with E-state index in [-0.39, 0.29) is 37.4 Å². The molecule has 3 fully saturated rings. The molecule has 0 aliphatic carbocycles. The number of amides is 3. The van der Waals surface area contributed by atoms with Crippen LogP contribution >= 0.6 is 0 Å². The van der Waals surface area contributed by atoms with Gasteiger partial charge >= 0.3 is 18.1 Å². The van der Waals surface area contributed by atoms with E-state index >= 15 is 0 Å². The summed E-state index contributed by atoms with van der Waals surface area (Å²) in [5, 5.41) is 22.5. The van der Waals surface area contributed by atoms with Gasteiger partial charge in [-0.3, -0.25) is 19.5 Å². The van der Waals surface area contributed by atoms with E-state index in [9.17, 15) is 29.4 Å². The Morgan fingerprint density at radius 1 is 0.960 bits per heavy atom. The molecule has 3 N–H and O–H groups in total. The van der Waals surface area contributed by atoms with Crippen molar-refractivity contribution >= 4 is 30.1 Å². The van der Waals surface area contributed by atoms with Crippen LogP contribution in [0.25, 0.3) is 0 Å². The average molecular weight is 690 g/mol. The fraction of sp³-hybridized carbons (Fsp3) is 0.579. The van der Waals surface area contributed by atoms with Gasteiger partial charge in [-0.2, -0.15) is 0 Å². The minimum atomic E-state index is -0.961. The molecular formula is C38H51N5O7. The van der Waals surface area contributed by atoms with E-state index in [0.717, 1.165) is 61.9 Å². The number of piperidine rings is 3. The summed E-state index contributed by atoms with van der Waals surface area (Å²) in [6, 6.07) is 11.1. The monoisotopic (exact) mass is 689 g/mol. The first-order chi connectivity index (χ1) is 24.1. The highest BCUT2D eigenvalue weighted by molar-refractivity contribution is 5.91. The number of carboxylic acids is 1. The van der Waals surface area contributed by atoms with Crippen LogP contribution in [0.4, 0.5) is 15.3 Å². The molecule has 0 radical (unpaired) electrons. The summed E-state index contributed by atoms with van der Waals surface area (Å²) in [5.41, 5.74) is 3.13. The number of carbonyl (C=O) groups is 4. The molecule has 0 unspecified atom stereocenters. The van der Waals surface area contributed by atoms with E-state index in [4.69, 9.17) is 4.74 Å². The quantitative estimate of drug-likeness (QED) is 0.310. The number of aldehydes is 1. The first kappa shape index (κ1) is 35.7. The van der Waals surface area contributed by atoms with Crippen LogP contribution in [0.15, 0.2) is 36.4 Å². The molecule has 270 valence electrons. The van der Waals surface area contributed by atoms with E-state index < -0.39 is 17.7 Å². The Morgan fingerprint density at radius 3 is 2.28 bits per heavy atom. The second-order valence-electron chi connectivity index (χ2n) is 14.6. The molecule has 3 saturated heterocycles. The summed E-state index contributed by atoms with van der Waals surface area (Å²) < 4.78 is 5.95. The molecule has 0 bridgehead atoms. The minimum Gasteiger partial charge on any atom is -0.507 e.